The first-order chi connectivity index (χ1) is 3.93. The molecule has 0 saturated carbocycles. The van der Waals surface area contributed by atoms with Crippen molar-refractivity contribution in [3.05, 3.63) is 23.8 Å². The van der Waals surface area contributed by atoms with E-state index in [9.17, 15) is 0 Å². The molecule has 0 N–H and O–H groups in total. The molecule has 0 bridgehead atoms. The summed E-state index contributed by atoms with van der Waals surface area (Å²) in [5.41, 5.74) is 1.40. The minimum Gasteiger partial charge on any atom is -0.269 e. The maximum atomic E-state index is 3.26. The van der Waals surface area contributed by atoms with Crippen molar-refractivity contribution in [2.75, 3.05) is 0 Å². The van der Waals surface area contributed by atoms with Crippen molar-refractivity contribution >= 4 is 0 Å². The van der Waals surface area contributed by atoms with Gasteiger partial charge in [-0.2, -0.15) is 6.08 Å². The third-order valence-corrected chi connectivity index (χ3v) is 1.29. The van der Waals surface area contributed by atoms with Gasteiger partial charge in [-0.15, -0.1) is 6.42 Å². The number of allylic oxidation sites excluding steroid dienone is 4. The molecular formula is C8H11Li. The normalized spacial score (nSPS) is 15.0. The van der Waals surface area contributed by atoms with Gasteiger partial charge in [0.05, 0.1) is 0 Å². The fourth-order valence-corrected chi connectivity index (χ4v) is 0.891. The molecule has 1 aliphatic carbocycles. The summed E-state index contributed by atoms with van der Waals surface area (Å²) in [6.45, 7) is 2.20. The standard InChI is InChI=1S/C8H11.Li/c1-2-5-8-6-3-4-7-8;/h3,6H,2,4-5H2,1H3;/q-1;+1. The summed E-state index contributed by atoms with van der Waals surface area (Å²) in [5, 5.41) is 0. The Morgan fingerprint density at radius 2 is 2.44 bits per heavy atom. The van der Waals surface area contributed by atoms with Crippen molar-refractivity contribution < 1.29 is 18.9 Å². The van der Waals surface area contributed by atoms with E-state index in [-0.39, 0.29) is 18.9 Å². The van der Waals surface area contributed by atoms with E-state index in [0.717, 1.165) is 6.42 Å². The predicted molar refractivity (Wildman–Crippen MR) is 35.4 cm³/mol. The van der Waals surface area contributed by atoms with Gasteiger partial charge in [0.1, 0.15) is 0 Å². The summed E-state index contributed by atoms with van der Waals surface area (Å²) in [7, 11) is 0. The number of hydrogen-bond acceptors (Lipinski definition) is 0. The zero-order valence-corrected chi connectivity index (χ0v) is 6.28. The van der Waals surface area contributed by atoms with Crippen LogP contribution < -0.4 is 18.9 Å². The Bertz CT molecular complexity index is 123. The van der Waals surface area contributed by atoms with Gasteiger partial charge in [-0.05, 0) is 0 Å². The first kappa shape index (κ1) is 9.08. The van der Waals surface area contributed by atoms with Crippen LogP contribution in [-0.4, -0.2) is 0 Å². The monoisotopic (exact) mass is 114 g/mol. The van der Waals surface area contributed by atoms with Crippen molar-refractivity contribution in [2.24, 2.45) is 0 Å². The molecule has 44 valence electrons. The molecule has 0 unspecified atom stereocenters. The maximum absolute atomic E-state index is 3.26. The van der Waals surface area contributed by atoms with Crippen LogP contribution in [0.5, 0.6) is 0 Å². The Morgan fingerprint density at radius 3 is 2.89 bits per heavy atom. The molecule has 9 heavy (non-hydrogen) atoms. The average molecular weight is 114 g/mol. The summed E-state index contributed by atoms with van der Waals surface area (Å²) in [6.07, 6.45) is 11.1. The summed E-state index contributed by atoms with van der Waals surface area (Å²) in [4.78, 5) is 0. The molecule has 0 fully saturated rings. The Hall–Kier alpha value is 0.0774. The van der Waals surface area contributed by atoms with E-state index >= 15 is 0 Å². The topological polar surface area (TPSA) is 0 Å². The van der Waals surface area contributed by atoms with E-state index in [1.165, 1.54) is 18.4 Å². The molecule has 0 atom stereocenters. The fraction of sp³-hybridized carbons (Fsp3) is 0.500. The van der Waals surface area contributed by atoms with Crippen LogP contribution in [0.3, 0.4) is 0 Å². The molecular weight excluding hydrogens is 103 g/mol. The zero-order chi connectivity index (χ0) is 5.82. The molecule has 0 aromatic rings. The predicted octanol–water partition coefficient (Wildman–Crippen LogP) is -0.520. The largest absolute Gasteiger partial charge is 1.00 e. The van der Waals surface area contributed by atoms with E-state index in [2.05, 4.69) is 25.2 Å². The second-order valence-electron chi connectivity index (χ2n) is 2.06. The Labute approximate surface area is 69.2 Å². The average Bonchev–Trinajstić information content (AvgIpc) is 2.19. The van der Waals surface area contributed by atoms with E-state index in [1.54, 1.807) is 0 Å². The van der Waals surface area contributed by atoms with E-state index in [1.807, 2.05) is 0 Å². The minimum absolute atomic E-state index is 0. The van der Waals surface area contributed by atoms with Crippen LogP contribution in [0.2, 0.25) is 0 Å². The summed E-state index contributed by atoms with van der Waals surface area (Å²) < 4.78 is 0. The second-order valence-corrected chi connectivity index (χ2v) is 2.06. The number of rotatable bonds is 2. The van der Waals surface area contributed by atoms with Gasteiger partial charge < -0.3 is 0 Å². The van der Waals surface area contributed by atoms with Gasteiger partial charge in [0, 0.05) is 0 Å². The molecule has 0 nitrogen and oxygen atoms in total. The summed E-state index contributed by atoms with van der Waals surface area (Å²) >= 11 is 0. The van der Waals surface area contributed by atoms with E-state index in [0.29, 0.717) is 0 Å². The summed E-state index contributed by atoms with van der Waals surface area (Å²) in [6, 6.07) is 0. The molecule has 0 heterocycles. The Morgan fingerprint density at radius 1 is 1.67 bits per heavy atom. The van der Waals surface area contributed by atoms with Crippen LogP contribution >= 0.6 is 0 Å². The zero-order valence-electron chi connectivity index (χ0n) is 6.28. The first-order valence-corrected chi connectivity index (χ1v) is 3.19. The van der Waals surface area contributed by atoms with Gasteiger partial charge in [0.25, 0.3) is 0 Å². The third-order valence-electron chi connectivity index (χ3n) is 1.29. The van der Waals surface area contributed by atoms with Crippen molar-refractivity contribution in [1.29, 1.82) is 0 Å². The minimum atomic E-state index is 0. The molecule has 0 amide bonds. The molecule has 1 rings (SSSR count). The molecule has 0 saturated heterocycles. The third kappa shape index (κ3) is 2.94. The van der Waals surface area contributed by atoms with Crippen molar-refractivity contribution in [1.82, 2.24) is 0 Å². The van der Waals surface area contributed by atoms with Gasteiger partial charge in [-0.1, -0.05) is 19.8 Å². The molecule has 0 aliphatic heterocycles. The smallest absolute Gasteiger partial charge is 0.269 e. The first-order valence-electron chi connectivity index (χ1n) is 3.19. The Balaban J connectivity index is 0.000000640. The van der Waals surface area contributed by atoms with Gasteiger partial charge >= 0.3 is 18.9 Å². The van der Waals surface area contributed by atoms with Gasteiger partial charge in [0.15, 0.2) is 0 Å². The van der Waals surface area contributed by atoms with Gasteiger partial charge in [-0.25, -0.2) is 11.6 Å². The van der Waals surface area contributed by atoms with E-state index < -0.39 is 0 Å². The van der Waals surface area contributed by atoms with Crippen LogP contribution in [0.1, 0.15) is 26.2 Å². The van der Waals surface area contributed by atoms with Crippen LogP contribution in [0, 0.1) is 6.08 Å². The Kier molecular flexibility index (Phi) is 4.95. The molecule has 0 aromatic carbocycles. The maximum Gasteiger partial charge on any atom is 1.00 e. The SMILES string of the molecule is CCCC1=[C-]CC=C1.[Li+]. The molecule has 0 spiro atoms. The van der Waals surface area contributed by atoms with Crippen LogP contribution in [0.15, 0.2) is 17.7 Å². The second kappa shape index (κ2) is 4.91. The molecule has 0 radical (unpaired) electrons. The van der Waals surface area contributed by atoms with Crippen molar-refractivity contribution in [3.8, 4) is 0 Å². The van der Waals surface area contributed by atoms with Crippen molar-refractivity contribution in [2.45, 2.75) is 26.2 Å². The van der Waals surface area contributed by atoms with Crippen LogP contribution in [-0.2, 0) is 0 Å². The quantitative estimate of drug-likeness (QED) is 0.335. The molecule has 1 heteroatoms. The molecule has 1 aliphatic rings. The number of hydrogen-bond donors (Lipinski definition) is 0. The van der Waals surface area contributed by atoms with Gasteiger partial charge in [-0.3, -0.25) is 6.08 Å². The fourth-order valence-electron chi connectivity index (χ4n) is 0.891. The van der Waals surface area contributed by atoms with E-state index in [4.69, 9.17) is 0 Å². The molecule has 0 aromatic heterocycles. The summed E-state index contributed by atoms with van der Waals surface area (Å²) in [5.74, 6) is 0. The van der Waals surface area contributed by atoms with Crippen LogP contribution in [0.25, 0.3) is 0 Å². The van der Waals surface area contributed by atoms with Crippen molar-refractivity contribution in [3.63, 3.8) is 0 Å². The van der Waals surface area contributed by atoms with Gasteiger partial charge in [0.2, 0.25) is 0 Å². The van der Waals surface area contributed by atoms with Crippen LogP contribution in [0.4, 0.5) is 0 Å².